The average Bonchev–Trinajstić information content (AvgIpc) is 3.41. The molecule has 4 nitrogen and oxygen atoms in total. The SMILES string of the molecule is C=Cc1cc(NCCC(F)(F)F)c2ncc(-c3ccc(C(=O)CC4CC4)c(C)c3)n2c1. The van der Waals surface area contributed by atoms with Crippen LogP contribution in [0.1, 0.15) is 47.2 Å². The summed E-state index contributed by atoms with van der Waals surface area (Å²) in [5.41, 5.74) is 5.13. The Morgan fingerprint density at radius 3 is 2.74 bits per heavy atom. The van der Waals surface area contributed by atoms with Crippen molar-refractivity contribution in [3.8, 4) is 11.3 Å². The molecule has 0 bridgehead atoms. The summed E-state index contributed by atoms with van der Waals surface area (Å²) in [7, 11) is 0. The van der Waals surface area contributed by atoms with Gasteiger partial charge in [-0.1, -0.05) is 24.8 Å². The van der Waals surface area contributed by atoms with Gasteiger partial charge in [0.25, 0.3) is 0 Å². The van der Waals surface area contributed by atoms with Crippen molar-refractivity contribution in [2.45, 2.75) is 38.8 Å². The molecule has 1 fully saturated rings. The minimum atomic E-state index is -4.23. The number of imidazole rings is 1. The molecule has 0 saturated heterocycles. The van der Waals surface area contributed by atoms with Crippen LogP contribution in [-0.4, -0.2) is 27.9 Å². The Morgan fingerprint density at radius 1 is 1.32 bits per heavy atom. The van der Waals surface area contributed by atoms with Crippen LogP contribution in [-0.2, 0) is 0 Å². The van der Waals surface area contributed by atoms with Crippen molar-refractivity contribution in [3.63, 3.8) is 0 Å². The standard InChI is InChI=1S/C24H24F3N3O/c1-3-16-11-20(28-9-8-24(25,26)27)23-29-13-21(30(23)14-16)18-6-7-19(15(2)10-18)22(31)12-17-4-5-17/h3,6-7,10-11,13-14,17,28H,1,4-5,8-9,12H2,2H3. The molecule has 0 atom stereocenters. The van der Waals surface area contributed by atoms with E-state index in [1.54, 1.807) is 18.3 Å². The molecule has 162 valence electrons. The van der Waals surface area contributed by atoms with Gasteiger partial charge in [-0.3, -0.25) is 9.20 Å². The first-order chi connectivity index (χ1) is 14.7. The number of carbonyl (C=O) groups is 1. The summed E-state index contributed by atoms with van der Waals surface area (Å²) in [5, 5.41) is 2.85. The monoisotopic (exact) mass is 427 g/mol. The molecule has 31 heavy (non-hydrogen) atoms. The molecule has 0 unspecified atom stereocenters. The summed E-state index contributed by atoms with van der Waals surface area (Å²) in [5.74, 6) is 0.709. The van der Waals surface area contributed by atoms with Gasteiger partial charge >= 0.3 is 6.18 Å². The maximum absolute atomic E-state index is 12.5. The highest BCUT2D eigenvalue weighted by Gasteiger charge is 2.27. The minimum absolute atomic E-state index is 0.176. The first-order valence-electron chi connectivity index (χ1n) is 10.3. The number of aryl methyl sites for hydroxylation is 1. The number of hydrogen-bond acceptors (Lipinski definition) is 3. The van der Waals surface area contributed by atoms with E-state index < -0.39 is 12.6 Å². The Labute approximate surface area is 178 Å². The number of nitrogens with zero attached hydrogens (tertiary/aromatic N) is 2. The molecule has 0 aliphatic heterocycles. The Morgan fingerprint density at radius 2 is 2.10 bits per heavy atom. The molecule has 1 aliphatic rings. The molecule has 2 aromatic heterocycles. The number of halogens is 3. The van der Waals surface area contributed by atoms with Crippen LogP contribution >= 0.6 is 0 Å². The first-order valence-corrected chi connectivity index (χ1v) is 10.3. The number of rotatable bonds is 8. The van der Waals surface area contributed by atoms with Crippen molar-refractivity contribution in [3.05, 3.63) is 59.9 Å². The fourth-order valence-corrected chi connectivity index (χ4v) is 3.73. The third kappa shape index (κ3) is 4.81. The van der Waals surface area contributed by atoms with Gasteiger partial charge in [0, 0.05) is 30.3 Å². The second-order valence-electron chi connectivity index (χ2n) is 8.12. The van der Waals surface area contributed by atoms with Crippen molar-refractivity contribution in [1.29, 1.82) is 0 Å². The normalized spacial score (nSPS) is 14.1. The van der Waals surface area contributed by atoms with Crippen LogP contribution in [0.3, 0.4) is 0 Å². The zero-order valence-electron chi connectivity index (χ0n) is 17.3. The van der Waals surface area contributed by atoms with E-state index in [4.69, 9.17) is 0 Å². The van der Waals surface area contributed by atoms with Crippen LogP contribution < -0.4 is 5.32 Å². The molecule has 1 aromatic carbocycles. The lowest BCUT2D eigenvalue weighted by Crippen LogP contribution is -2.15. The number of aromatic nitrogens is 2. The molecule has 3 aromatic rings. The maximum Gasteiger partial charge on any atom is 0.390 e. The summed E-state index contributed by atoms with van der Waals surface area (Å²) in [4.78, 5) is 16.9. The minimum Gasteiger partial charge on any atom is -0.382 e. The van der Waals surface area contributed by atoms with Crippen molar-refractivity contribution in [2.24, 2.45) is 5.92 Å². The zero-order valence-corrected chi connectivity index (χ0v) is 17.3. The second-order valence-corrected chi connectivity index (χ2v) is 8.12. The average molecular weight is 427 g/mol. The van der Waals surface area contributed by atoms with E-state index in [9.17, 15) is 18.0 Å². The molecule has 1 N–H and O–H groups in total. The molecule has 1 saturated carbocycles. The van der Waals surface area contributed by atoms with Crippen LogP contribution in [0.15, 0.2) is 43.2 Å². The quantitative estimate of drug-likeness (QED) is 0.429. The van der Waals surface area contributed by atoms with Gasteiger partial charge in [-0.25, -0.2) is 4.98 Å². The van der Waals surface area contributed by atoms with Gasteiger partial charge in [-0.2, -0.15) is 13.2 Å². The molecule has 1 aliphatic carbocycles. The number of fused-ring (bicyclic) bond motifs is 1. The van der Waals surface area contributed by atoms with Gasteiger partial charge in [-0.15, -0.1) is 0 Å². The second kappa shape index (κ2) is 8.21. The van der Waals surface area contributed by atoms with Crippen molar-refractivity contribution in [2.75, 3.05) is 11.9 Å². The number of benzene rings is 1. The maximum atomic E-state index is 12.5. The van der Waals surface area contributed by atoms with Gasteiger partial charge in [0.15, 0.2) is 11.4 Å². The summed E-state index contributed by atoms with van der Waals surface area (Å²) in [6.45, 7) is 5.47. The zero-order chi connectivity index (χ0) is 22.2. The highest BCUT2D eigenvalue weighted by molar-refractivity contribution is 5.98. The highest BCUT2D eigenvalue weighted by Crippen LogP contribution is 2.34. The number of alkyl halides is 3. The third-order valence-corrected chi connectivity index (χ3v) is 5.58. The van der Waals surface area contributed by atoms with Gasteiger partial charge in [0.05, 0.1) is 24.0 Å². The summed E-state index contributed by atoms with van der Waals surface area (Å²) in [6, 6.07) is 7.45. The number of pyridine rings is 1. The smallest absolute Gasteiger partial charge is 0.382 e. The Balaban J connectivity index is 1.66. The van der Waals surface area contributed by atoms with E-state index >= 15 is 0 Å². The highest BCUT2D eigenvalue weighted by atomic mass is 19.4. The molecule has 0 spiro atoms. The Kier molecular flexibility index (Phi) is 5.60. The number of ketones is 1. The van der Waals surface area contributed by atoms with Gasteiger partial charge in [-0.05, 0) is 48.9 Å². The Bertz CT molecular complexity index is 1140. The fraction of sp³-hybridized carbons (Fsp3) is 0.333. The third-order valence-electron chi connectivity index (χ3n) is 5.58. The Hall–Kier alpha value is -3.09. The molecular formula is C24H24F3N3O. The number of anilines is 1. The lowest BCUT2D eigenvalue weighted by atomic mass is 9.98. The van der Waals surface area contributed by atoms with E-state index in [1.807, 2.05) is 35.7 Å². The predicted molar refractivity (Wildman–Crippen MR) is 116 cm³/mol. The topological polar surface area (TPSA) is 46.4 Å². The molecule has 2 heterocycles. The van der Waals surface area contributed by atoms with E-state index in [2.05, 4.69) is 16.9 Å². The molecule has 7 heteroatoms. The molecular weight excluding hydrogens is 403 g/mol. The fourth-order valence-electron chi connectivity index (χ4n) is 3.73. The summed E-state index contributed by atoms with van der Waals surface area (Å²) in [6.07, 6.45) is 2.90. The van der Waals surface area contributed by atoms with E-state index in [1.165, 1.54) is 0 Å². The first kappa shape index (κ1) is 21.2. The van der Waals surface area contributed by atoms with Gasteiger partial charge in [0.1, 0.15) is 0 Å². The lowest BCUT2D eigenvalue weighted by Gasteiger charge is -2.12. The lowest BCUT2D eigenvalue weighted by molar-refractivity contribution is -0.131. The van der Waals surface area contributed by atoms with E-state index in [-0.39, 0.29) is 12.3 Å². The number of nitrogens with one attached hydrogen (secondary N) is 1. The van der Waals surface area contributed by atoms with Crippen molar-refractivity contribution < 1.29 is 18.0 Å². The largest absolute Gasteiger partial charge is 0.390 e. The molecule has 0 radical (unpaired) electrons. The van der Waals surface area contributed by atoms with Crippen molar-refractivity contribution >= 4 is 23.2 Å². The number of Topliss-reactive ketones (excluding diaryl/α,β-unsaturated/α-hetero) is 1. The number of hydrogen-bond donors (Lipinski definition) is 1. The molecule has 4 rings (SSSR count). The van der Waals surface area contributed by atoms with Crippen LogP contribution in [0.4, 0.5) is 18.9 Å². The molecule has 0 amide bonds. The van der Waals surface area contributed by atoms with Gasteiger partial charge < -0.3 is 5.32 Å². The van der Waals surface area contributed by atoms with Crippen LogP contribution in [0.25, 0.3) is 23.0 Å². The summed E-state index contributed by atoms with van der Waals surface area (Å²) >= 11 is 0. The summed E-state index contributed by atoms with van der Waals surface area (Å²) < 4.78 is 39.5. The van der Waals surface area contributed by atoms with Crippen LogP contribution in [0.5, 0.6) is 0 Å². The van der Waals surface area contributed by atoms with Crippen LogP contribution in [0, 0.1) is 12.8 Å². The number of carbonyl (C=O) groups excluding carboxylic acids is 1. The van der Waals surface area contributed by atoms with E-state index in [0.29, 0.717) is 23.7 Å². The van der Waals surface area contributed by atoms with E-state index in [0.717, 1.165) is 40.8 Å². The van der Waals surface area contributed by atoms with Gasteiger partial charge in [0.2, 0.25) is 0 Å². The predicted octanol–water partition coefficient (Wildman–Crippen LogP) is 6.30. The van der Waals surface area contributed by atoms with Crippen LogP contribution in [0.2, 0.25) is 0 Å². The van der Waals surface area contributed by atoms with Crippen molar-refractivity contribution in [1.82, 2.24) is 9.38 Å².